The molecule has 0 aliphatic carbocycles. The zero-order valence-corrected chi connectivity index (χ0v) is 24.6. The number of benzene rings is 4. The molecule has 3 N–H and O–H groups in total. The topological polar surface area (TPSA) is 163 Å². The summed E-state index contributed by atoms with van der Waals surface area (Å²) in [5, 5.41) is 39.7. The van der Waals surface area contributed by atoms with Crippen molar-refractivity contribution >= 4 is 55.7 Å². The Morgan fingerprint density at radius 3 is 2.24 bits per heavy atom. The molecule has 4 aromatic rings. The van der Waals surface area contributed by atoms with E-state index in [4.69, 9.17) is 5.26 Å². The van der Waals surface area contributed by atoms with Crippen LogP contribution < -0.4 is 0 Å². The largest absolute Gasteiger partial charge is 0.505 e. The molecule has 4 rings (SSSR count). The molecule has 0 spiro atoms. The molecule has 0 heterocycles. The standard InChI is InChI=1S/C22H15N4O7S2.C2H6.Y/c27-22-19-11-10-18(35(29,30)31)12-14(19)13-20(34-33-32-28)21(22)26-25-17-8-6-16(7-9-17)24-23-15-4-2-1-3-5-15;1-2;/h1-8,10-13,27-28H,(H,29,30,31);1-2H3;/q-1;;. The van der Waals surface area contributed by atoms with Crippen LogP contribution >= 0.6 is 12.0 Å². The summed E-state index contributed by atoms with van der Waals surface area (Å²) < 4.78 is 36.6. The minimum atomic E-state index is -4.46. The molecule has 14 heteroatoms. The first-order valence-corrected chi connectivity index (χ1v) is 12.9. The number of hydrogen-bond acceptors (Lipinski definition) is 11. The van der Waals surface area contributed by atoms with Gasteiger partial charge in [0.1, 0.15) is 5.69 Å². The molecule has 0 amide bonds. The maximum absolute atomic E-state index is 11.4. The van der Waals surface area contributed by atoms with Crippen molar-refractivity contribution in [1.29, 1.82) is 0 Å². The summed E-state index contributed by atoms with van der Waals surface area (Å²) in [7, 11) is -4.46. The number of phenolic OH excluding ortho intramolecular Hbond substituents is 1. The number of nitrogens with zero attached hydrogens (tertiary/aromatic N) is 4. The summed E-state index contributed by atoms with van der Waals surface area (Å²) in [5.41, 5.74) is 1.52. The van der Waals surface area contributed by atoms with E-state index in [1.54, 1.807) is 18.2 Å². The Morgan fingerprint density at radius 1 is 0.895 bits per heavy atom. The zero-order chi connectivity index (χ0) is 26.8. The monoisotopic (exact) mass is 630 g/mol. The van der Waals surface area contributed by atoms with Gasteiger partial charge in [-0.3, -0.25) is 4.55 Å². The Labute approximate surface area is 248 Å². The third kappa shape index (κ3) is 8.45. The molecular weight excluding hydrogens is 609 g/mol. The van der Waals surface area contributed by atoms with E-state index in [-0.39, 0.29) is 64.7 Å². The molecule has 11 nitrogen and oxygen atoms in total. The van der Waals surface area contributed by atoms with Crippen LogP contribution in [0, 0.1) is 6.07 Å². The number of phenols is 1. The Balaban J connectivity index is 0.00000165. The van der Waals surface area contributed by atoms with Gasteiger partial charge in [-0.05, 0) is 53.2 Å². The van der Waals surface area contributed by atoms with Crippen LogP contribution in [0.4, 0.5) is 22.7 Å². The van der Waals surface area contributed by atoms with Gasteiger partial charge in [0.05, 0.1) is 27.5 Å². The number of rotatable bonds is 8. The molecule has 0 bridgehead atoms. The second kappa shape index (κ2) is 15.1. The first-order valence-electron chi connectivity index (χ1n) is 10.7. The fourth-order valence-corrected chi connectivity index (χ4v) is 3.96. The molecule has 0 aromatic heterocycles. The second-order valence-corrected chi connectivity index (χ2v) is 8.99. The number of aromatic hydroxyl groups is 1. The van der Waals surface area contributed by atoms with Gasteiger partial charge < -0.3 is 5.11 Å². The second-order valence-electron chi connectivity index (χ2n) is 6.82. The van der Waals surface area contributed by atoms with Crippen LogP contribution in [0.1, 0.15) is 13.8 Å². The maximum Gasteiger partial charge on any atom is 0.294 e. The first-order chi connectivity index (χ1) is 17.8. The Bertz CT molecular complexity index is 1520. The van der Waals surface area contributed by atoms with E-state index in [2.05, 4.69) is 35.9 Å². The van der Waals surface area contributed by atoms with E-state index >= 15 is 0 Å². The van der Waals surface area contributed by atoms with E-state index < -0.39 is 10.1 Å². The van der Waals surface area contributed by atoms with E-state index in [0.29, 0.717) is 29.1 Å². The molecule has 0 saturated carbocycles. The minimum absolute atomic E-state index is 0. The molecule has 0 aliphatic rings. The predicted octanol–water partition coefficient (Wildman–Crippen LogP) is 7.88. The van der Waals surface area contributed by atoms with Gasteiger partial charge in [0.25, 0.3) is 10.1 Å². The summed E-state index contributed by atoms with van der Waals surface area (Å²) >= 11 is 0.496. The van der Waals surface area contributed by atoms with E-state index in [9.17, 15) is 18.1 Å². The van der Waals surface area contributed by atoms with Gasteiger partial charge in [-0.15, -0.1) is 27.6 Å². The van der Waals surface area contributed by atoms with Crippen LogP contribution in [0.15, 0.2) is 103 Å². The number of azo groups is 2. The van der Waals surface area contributed by atoms with Crippen molar-refractivity contribution in [3.63, 3.8) is 0 Å². The van der Waals surface area contributed by atoms with Crippen LogP contribution in [0.5, 0.6) is 5.75 Å². The number of hydrogen-bond donors (Lipinski definition) is 3. The molecule has 4 aromatic carbocycles. The SMILES string of the molecule is CC.O=S(=O)(O)c1ccc2c(O)c(N=Nc3[c-]cc(N=Nc4ccccc4)cc3)c(SOOO)cc2c1.[Y]. The fraction of sp³-hybridized carbons (Fsp3) is 0.0833. The first kappa shape index (κ1) is 31.6. The quantitative estimate of drug-likeness (QED) is 0.0442. The Hall–Kier alpha value is -2.62. The van der Waals surface area contributed by atoms with Crippen molar-refractivity contribution in [2.45, 2.75) is 23.6 Å². The van der Waals surface area contributed by atoms with Gasteiger partial charge in [-0.25, -0.2) is 10.4 Å². The molecule has 0 atom stereocenters. The van der Waals surface area contributed by atoms with Gasteiger partial charge in [-0.1, -0.05) is 37.1 Å². The van der Waals surface area contributed by atoms with Gasteiger partial charge >= 0.3 is 0 Å². The van der Waals surface area contributed by atoms with Gasteiger partial charge in [0.2, 0.25) is 0 Å². The van der Waals surface area contributed by atoms with Crippen LogP contribution in [0.25, 0.3) is 10.8 Å². The molecule has 195 valence electrons. The summed E-state index contributed by atoms with van der Waals surface area (Å²) in [5.74, 6) is -0.342. The average molecular weight is 630 g/mol. The zero-order valence-electron chi connectivity index (χ0n) is 20.1. The predicted molar refractivity (Wildman–Crippen MR) is 138 cm³/mol. The molecular formula is C24H21N4O7S2Y-. The molecule has 0 fully saturated rings. The van der Waals surface area contributed by atoms with E-state index in [1.165, 1.54) is 12.1 Å². The maximum atomic E-state index is 11.4. The van der Waals surface area contributed by atoms with Crippen molar-refractivity contribution in [3.8, 4) is 5.75 Å². The third-order valence-corrected chi connectivity index (χ3v) is 6.02. The van der Waals surface area contributed by atoms with Crippen molar-refractivity contribution in [2.24, 2.45) is 20.5 Å². The summed E-state index contributed by atoms with van der Waals surface area (Å²) in [4.78, 5) is -0.235. The Kier molecular flexibility index (Phi) is 12.6. The number of fused-ring (bicyclic) bond motifs is 1. The molecule has 0 aliphatic heterocycles. The van der Waals surface area contributed by atoms with E-state index in [1.807, 2.05) is 44.2 Å². The van der Waals surface area contributed by atoms with Crippen LogP contribution in [-0.2, 0) is 52.2 Å². The molecule has 38 heavy (non-hydrogen) atoms. The van der Waals surface area contributed by atoms with Crippen molar-refractivity contribution < 1.29 is 65.4 Å². The normalized spacial score (nSPS) is 11.4. The van der Waals surface area contributed by atoms with Crippen molar-refractivity contribution in [1.82, 2.24) is 0 Å². The third-order valence-electron chi connectivity index (χ3n) is 4.55. The van der Waals surface area contributed by atoms with Crippen LogP contribution in [-0.4, -0.2) is 23.3 Å². The molecule has 1 radical (unpaired) electrons. The Morgan fingerprint density at radius 2 is 1.61 bits per heavy atom. The smallest absolute Gasteiger partial charge is 0.294 e. The van der Waals surface area contributed by atoms with Gasteiger partial charge in [0, 0.05) is 38.1 Å². The molecule has 0 unspecified atom stereocenters. The minimum Gasteiger partial charge on any atom is -0.505 e. The summed E-state index contributed by atoms with van der Waals surface area (Å²) in [6, 6.07) is 21.9. The van der Waals surface area contributed by atoms with Crippen molar-refractivity contribution in [3.05, 3.63) is 78.9 Å². The summed E-state index contributed by atoms with van der Waals surface area (Å²) in [6.45, 7) is 4.00. The average Bonchev–Trinajstić information content (AvgIpc) is 2.92. The van der Waals surface area contributed by atoms with Crippen LogP contribution in [0.3, 0.4) is 0 Å². The van der Waals surface area contributed by atoms with E-state index in [0.717, 1.165) is 12.1 Å². The summed E-state index contributed by atoms with van der Waals surface area (Å²) in [6.07, 6.45) is 0. The fourth-order valence-electron chi connectivity index (χ4n) is 2.95. The van der Waals surface area contributed by atoms with Gasteiger partial charge in [-0.2, -0.15) is 24.7 Å². The van der Waals surface area contributed by atoms with Crippen molar-refractivity contribution in [2.75, 3.05) is 0 Å². The molecule has 0 saturated heterocycles. The van der Waals surface area contributed by atoms with Gasteiger partial charge in [0.15, 0.2) is 5.75 Å². The van der Waals surface area contributed by atoms with Crippen LogP contribution in [0.2, 0.25) is 0 Å².